The summed E-state index contributed by atoms with van der Waals surface area (Å²) in [5.41, 5.74) is 8.94. The molecular weight excluding hydrogens is 270 g/mol. The molecular formula is C8H9Br2N. The van der Waals surface area contributed by atoms with Crippen LogP contribution in [0.5, 0.6) is 0 Å². The highest BCUT2D eigenvalue weighted by Gasteiger charge is 2.05. The van der Waals surface area contributed by atoms with Gasteiger partial charge in [0.15, 0.2) is 0 Å². The minimum Gasteiger partial charge on any atom is -0.398 e. The Hall–Kier alpha value is -0.0200. The van der Waals surface area contributed by atoms with E-state index in [0.29, 0.717) is 0 Å². The molecule has 0 aromatic heterocycles. The van der Waals surface area contributed by atoms with Gasteiger partial charge in [-0.05, 0) is 47.0 Å². The topological polar surface area (TPSA) is 26.0 Å². The highest BCUT2D eigenvalue weighted by Crippen LogP contribution is 2.31. The predicted octanol–water partition coefficient (Wildman–Crippen LogP) is 3.41. The first-order chi connectivity index (χ1) is 5.04. The van der Waals surface area contributed by atoms with Crippen molar-refractivity contribution < 1.29 is 0 Å². The van der Waals surface area contributed by atoms with Crippen molar-refractivity contribution in [2.24, 2.45) is 0 Å². The average molecular weight is 279 g/mol. The van der Waals surface area contributed by atoms with Gasteiger partial charge in [0.1, 0.15) is 0 Å². The third-order valence-corrected chi connectivity index (χ3v) is 3.32. The molecule has 0 aliphatic carbocycles. The normalized spacial score (nSPS) is 10.2. The van der Waals surface area contributed by atoms with E-state index in [0.717, 1.165) is 20.2 Å². The van der Waals surface area contributed by atoms with Gasteiger partial charge in [-0.2, -0.15) is 0 Å². The van der Waals surface area contributed by atoms with Crippen LogP contribution in [0.2, 0.25) is 0 Å². The molecule has 0 spiro atoms. The lowest BCUT2D eigenvalue weighted by atomic mass is 10.1. The van der Waals surface area contributed by atoms with E-state index in [-0.39, 0.29) is 0 Å². The Morgan fingerprint density at radius 3 is 2.18 bits per heavy atom. The van der Waals surface area contributed by atoms with E-state index in [9.17, 15) is 0 Å². The second kappa shape index (κ2) is 3.15. The summed E-state index contributed by atoms with van der Waals surface area (Å²) in [6, 6.07) is 1.97. The molecule has 0 saturated heterocycles. The van der Waals surface area contributed by atoms with E-state index in [1.54, 1.807) is 0 Å². The van der Waals surface area contributed by atoms with Crippen LogP contribution in [-0.4, -0.2) is 0 Å². The maximum absolute atomic E-state index is 5.78. The molecule has 0 aliphatic rings. The number of hydrogen-bond donors (Lipinski definition) is 1. The number of benzene rings is 1. The summed E-state index contributed by atoms with van der Waals surface area (Å²) < 4.78 is 2.04. The third kappa shape index (κ3) is 1.59. The standard InChI is InChI=1S/C8H9Br2N/c1-4-5(2)8(11)7(10)3-6(4)9/h3H,11H2,1-2H3. The zero-order valence-corrected chi connectivity index (χ0v) is 9.58. The summed E-state index contributed by atoms with van der Waals surface area (Å²) in [5, 5.41) is 0. The van der Waals surface area contributed by atoms with Crippen molar-refractivity contribution in [2.45, 2.75) is 13.8 Å². The summed E-state index contributed by atoms with van der Waals surface area (Å²) in [6.07, 6.45) is 0. The number of anilines is 1. The zero-order valence-electron chi connectivity index (χ0n) is 6.41. The van der Waals surface area contributed by atoms with Gasteiger partial charge in [0.25, 0.3) is 0 Å². The second-order valence-electron chi connectivity index (χ2n) is 2.50. The Morgan fingerprint density at radius 2 is 1.64 bits per heavy atom. The Labute approximate surface area is 83.2 Å². The van der Waals surface area contributed by atoms with Crippen LogP contribution in [0.1, 0.15) is 11.1 Å². The van der Waals surface area contributed by atoms with E-state index in [2.05, 4.69) is 31.9 Å². The van der Waals surface area contributed by atoms with E-state index < -0.39 is 0 Å². The lowest BCUT2D eigenvalue weighted by Gasteiger charge is -2.08. The molecule has 0 aliphatic heterocycles. The first kappa shape index (κ1) is 9.07. The number of halogens is 2. The van der Waals surface area contributed by atoms with Crippen molar-refractivity contribution in [3.05, 3.63) is 26.1 Å². The molecule has 1 rings (SSSR count). The molecule has 2 N–H and O–H groups in total. The van der Waals surface area contributed by atoms with Crippen molar-refractivity contribution in [2.75, 3.05) is 5.73 Å². The van der Waals surface area contributed by atoms with Crippen molar-refractivity contribution in [1.82, 2.24) is 0 Å². The quantitative estimate of drug-likeness (QED) is 0.723. The number of nitrogens with two attached hydrogens (primary N) is 1. The van der Waals surface area contributed by atoms with Gasteiger partial charge >= 0.3 is 0 Å². The molecule has 0 bridgehead atoms. The smallest absolute Gasteiger partial charge is 0.0491 e. The largest absolute Gasteiger partial charge is 0.398 e. The number of hydrogen-bond acceptors (Lipinski definition) is 1. The van der Waals surface area contributed by atoms with E-state index in [4.69, 9.17) is 5.73 Å². The van der Waals surface area contributed by atoms with Crippen molar-refractivity contribution >= 4 is 37.5 Å². The van der Waals surface area contributed by atoms with E-state index in [1.807, 2.05) is 19.9 Å². The summed E-state index contributed by atoms with van der Waals surface area (Å²) in [6.45, 7) is 4.06. The van der Waals surface area contributed by atoms with Crippen LogP contribution in [0.3, 0.4) is 0 Å². The van der Waals surface area contributed by atoms with Crippen LogP contribution in [0.4, 0.5) is 5.69 Å². The third-order valence-electron chi connectivity index (χ3n) is 1.84. The summed E-state index contributed by atoms with van der Waals surface area (Å²) >= 11 is 6.82. The molecule has 0 heterocycles. The summed E-state index contributed by atoms with van der Waals surface area (Å²) in [5.74, 6) is 0. The van der Waals surface area contributed by atoms with Crippen molar-refractivity contribution in [3.8, 4) is 0 Å². The molecule has 0 fully saturated rings. The van der Waals surface area contributed by atoms with E-state index >= 15 is 0 Å². The fraction of sp³-hybridized carbons (Fsp3) is 0.250. The molecule has 0 unspecified atom stereocenters. The Morgan fingerprint density at radius 1 is 1.09 bits per heavy atom. The number of nitrogen functional groups attached to an aromatic ring is 1. The molecule has 0 saturated carbocycles. The van der Waals surface area contributed by atoms with Crippen LogP contribution >= 0.6 is 31.9 Å². The molecule has 0 radical (unpaired) electrons. The van der Waals surface area contributed by atoms with Crippen LogP contribution in [0.15, 0.2) is 15.0 Å². The highest BCUT2D eigenvalue weighted by molar-refractivity contribution is 9.11. The van der Waals surface area contributed by atoms with Crippen molar-refractivity contribution in [1.29, 1.82) is 0 Å². The van der Waals surface area contributed by atoms with Gasteiger partial charge in [0.05, 0.1) is 0 Å². The monoisotopic (exact) mass is 277 g/mol. The maximum atomic E-state index is 5.78. The van der Waals surface area contributed by atoms with Crippen LogP contribution in [0, 0.1) is 13.8 Å². The van der Waals surface area contributed by atoms with Crippen LogP contribution in [-0.2, 0) is 0 Å². The van der Waals surface area contributed by atoms with Gasteiger partial charge in [-0.3, -0.25) is 0 Å². The van der Waals surface area contributed by atoms with Crippen molar-refractivity contribution in [3.63, 3.8) is 0 Å². The fourth-order valence-corrected chi connectivity index (χ4v) is 2.22. The molecule has 11 heavy (non-hydrogen) atoms. The molecule has 3 heteroatoms. The molecule has 0 amide bonds. The van der Waals surface area contributed by atoms with Crippen LogP contribution < -0.4 is 5.73 Å². The highest BCUT2D eigenvalue weighted by atomic mass is 79.9. The minimum absolute atomic E-state index is 0.825. The number of rotatable bonds is 0. The average Bonchev–Trinajstić information content (AvgIpc) is 1.97. The predicted molar refractivity (Wildman–Crippen MR) is 55.7 cm³/mol. The molecule has 1 aromatic rings. The van der Waals surface area contributed by atoms with Gasteiger partial charge in [-0.25, -0.2) is 0 Å². The Kier molecular flexibility index (Phi) is 2.60. The Bertz CT molecular complexity index is 268. The summed E-state index contributed by atoms with van der Waals surface area (Å²) in [7, 11) is 0. The van der Waals surface area contributed by atoms with E-state index in [1.165, 1.54) is 5.56 Å². The fourth-order valence-electron chi connectivity index (χ4n) is 0.858. The van der Waals surface area contributed by atoms with Gasteiger partial charge in [-0.1, -0.05) is 15.9 Å². The molecule has 1 nitrogen and oxygen atoms in total. The van der Waals surface area contributed by atoms with Crippen LogP contribution in [0.25, 0.3) is 0 Å². The second-order valence-corrected chi connectivity index (χ2v) is 4.21. The SMILES string of the molecule is Cc1c(Br)cc(Br)c(N)c1C. The van der Waals surface area contributed by atoms with Gasteiger partial charge in [-0.15, -0.1) is 0 Å². The Balaban J connectivity index is 3.46. The zero-order chi connectivity index (χ0) is 8.59. The molecule has 1 aromatic carbocycles. The van der Waals surface area contributed by atoms with Gasteiger partial charge in [0, 0.05) is 14.6 Å². The maximum Gasteiger partial charge on any atom is 0.0491 e. The molecule has 0 atom stereocenters. The minimum atomic E-state index is 0.825. The van der Waals surface area contributed by atoms with Gasteiger partial charge < -0.3 is 5.73 Å². The first-order valence-electron chi connectivity index (χ1n) is 3.24. The lowest BCUT2D eigenvalue weighted by Crippen LogP contribution is -1.94. The lowest BCUT2D eigenvalue weighted by molar-refractivity contribution is 1.31. The summed E-state index contributed by atoms with van der Waals surface area (Å²) in [4.78, 5) is 0. The van der Waals surface area contributed by atoms with Gasteiger partial charge in [0.2, 0.25) is 0 Å². The first-order valence-corrected chi connectivity index (χ1v) is 4.83. The molecule has 60 valence electrons.